The van der Waals surface area contributed by atoms with Crippen molar-refractivity contribution in [3.63, 3.8) is 0 Å². The van der Waals surface area contributed by atoms with Crippen molar-refractivity contribution in [3.05, 3.63) is 64.7 Å². The molecular weight excluding hydrogens is 396 g/mol. The van der Waals surface area contributed by atoms with Gasteiger partial charge in [-0.1, -0.05) is 43.6 Å². The Morgan fingerprint density at radius 3 is 2.40 bits per heavy atom. The minimum atomic E-state index is 0.121. The van der Waals surface area contributed by atoms with Gasteiger partial charge in [0.25, 0.3) is 5.91 Å². The van der Waals surface area contributed by atoms with Crippen molar-refractivity contribution in [1.29, 1.82) is 0 Å². The van der Waals surface area contributed by atoms with E-state index in [9.17, 15) is 4.79 Å². The Morgan fingerprint density at radius 2 is 1.73 bits per heavy atom. The summed E-state index contributed by atoms with van der Waals surface area (Å²) in [5.74, 6) is 1.65. The molecule has 0 unspecified atom stereocenters. The first-order valence-electron chi connectivity index (χ1n) is 10.9. The third-order valence-electron chi connectivity index (χ3n) is 6.29. The molecule has 0 atom stereocenters. The molecule has 4 rings (SSSR count). The number of nitrogens with zero attached hydrogens (tertiary/aromatic N) is 2. The minimum Gasteiger partial charge on any atom is -0.493 e. The average Bonchev–Trinajstić information content (AvgIpc) is 2.72. The number of hydrogen-bond donors (Lipinski definition) is 0. The van der Waals surface area contributed by atoms with E-state index in [4.69, 9.17) is 16.3 Å². The molecule has 0 saturated carbocycles. The van der Waals surface area contributed by atoms with E-state index in [2.05, 4.69) is 36.9 Å². The summed E-state index contributed by atoms with van der Waals surface area (Å²) in [6.45, 7) is 9.91. The maximum atomic E-state index is 12.7. The van der Waals surface area contributed by atoms with Crippen molar-refractivity contribution in [3.8, 4) is 5.75 Å². The Morgan fingerprint density at radius 1 is 1.07 bits per heavy atom. The first kappa shape index (κ1) is 21.2. The molecule has 1 amide bonds. The summed E-state index contributed by atoms with van der Waals surface area (Å²) in [7, 11) is 0. The lowest BCUT2D eigenvalue weighted by Gasteiger charge is -2.54. The average molecular weight is 427 g/mol. The van der Waals surface area contributed by atoms with Gasteiger partial charge in [0.2, 0.25) is 0 Å². The standard InChI is InChI=1S/C25H31ClN2O2/c1-19(2)16-30-23-6-4-3-5-21(23)15-27-13-11-25(12-14-27)17-28(18-25)24(29)20-7-9-22(26)10-8-20/h3-10,19H,11-18H2,1-2H3. The highest BCUT2D eigenvalue weighted by Gasteiger charge is 2.46. The van der Waals surface area contributed by atoms with Gasteiger partial charge in [-0.15, -0.1) is 0 Å². The predicted molar refractivity (Wildman–Crippen MR) is 121 cm³/mol. The van der Waals surface area contributed by atoms with Crippen LogP contribution in [-0.4, -0.2) is 48.5 Å². The highest BCUT2D eigenvalue weighted by atomic mass is 35.5. The number of carbonyl (C=O) groups is 1. The quantitative estimate of drug-likeness (QED) is 0.643. The predicted octanol–water partition coefficient (Wildman–Crippen LogP) is 5.11. The topological polar surface area (TPSA) is 32.8 Å². The molecule has 2 fully saturated rings. The first-order chi connectivity index (χ1) is 14.4. The molecule has 2 aliphatic heterocycles. The van der Waals surface area contributed by atoms with Crippen LogP contribution in [0.4, 0.5) is 0 Å². The van der Waals surface area contributed by atoms with Crippen LogP contribution in [0.1, 0.15) is 42.6 Å². The fourth-order valence-electron chi connectivity index (χ4n) is 4.46. The van der Waals surface area contributed by atoms with E-state index in [0.29, 0.717) is 16.4 Å². The molecule has 0 radical (unpaired) electrons. The normalized spacial score (nSPS) is 18.5. The van der Waals surface area contributed by atoms with Crippen molar-refractivity contribution in [2.24, 2.45) is 11.3 Å². The van der Waals surface area contributed by atoms with E-state index < -0.39 is 0 Å². The fourth-order valence-corrected chi connectivity index (χ4v) is 4.58. The number of amides is 1. The van der Waals surface area contributed by atoms with Crippen LogP contribution in [0.3, 0.4) is 0 Å². The van der Waals surface area contributed by atoms with E-state index >= 15 is 0 Å². The number of carbonyl (C=O) groups excluding carboxylic acids is 1. The van der Waals surface area contributed by atoms with E-state index in [-0.39, 0.29) is 5.91 Å². The number of benzene rings is 2. The van der Waals surface area contributed by atoms with E-state index in [1.165, 1.54) is 5.56 Å². The number of rotatable bonds is 6. The van der Waals surface area contributed by atoms with E-state index in [1.54, 1.807) is 12.1 Å². The van der Waals surface area contributed by atoms with Gasteiger partial charge in [-0.2, -0.15) is 0 Å². The summed E-state index contributed by atoms with van der Waals surface area (Å²) in [6, 6.07) is 15.6. The smallest absolute Gasteiger partial charge is 0.253 e. The second-order valence-electron chi connectivity index (χ2n) is 9.26. The van der Waals surface area contributed by atoms with E-state index in [1.807, 2.05) is 23.1 Å². The number of hydrogen-bond acceptors (Lipinski definition) is 3. The van der Waals surface area contributed by atoms with Crippen molar-refractivity contribution >= 4 is 17.5 Å². The largest absolute Gasteiger partial charge is 0.493 e. The molecule has 4 nitrogen and oxygen atoms in total. The Labute approximate surface area is 184 Å². The zero-order chi connectivity index (χ0) is 21.1. The summed E-state index contributed by atoms with van der Waals surface area (Å²) in [5, 5.41) is 0.662. The van der Waals surface area contributed by atoms with Crippen LogP contribution in [0.15, 0.2) is 48.5 Å². The van der Waals surface area contributed by atoms with Gasteiger partial charge in [0, 0.05) is 41.2 Å². The maximum Gasteiger partial charge on any atom is 0.253 e. The van der Waals surface area contributed by atoms with Crippen molar-refractivity contribution in [1.82, 2.24) is 9.80 Å². The van der Waals surface area contributed by atoms with Crippen LogP contribution < -0.4 is 4.74 Å². The molecule has 0 bridgehead atoms. The van der Waals surface area contributed by atoms with Gasteiger partial charge in [-0.05, 0) is 62.2 Å². The zero-order valence-electron chi connectivity index (χ0n) is 17.9. The molecule has 2 aromatic rings. The third-order valence-corrected chi connectivity index (χ3v) is 6.54. The van der Waals surface area contributed by atoms with Crippen molar-refractivity contribution in [2.45, 2.75) is 33.2 Å². The van der Waals surface area contributed by atoms with Gasteiger partial charge in [0.15, 0.2) is 0 Å². The highest BCUT2D eigenvalue weighted by molar-refractivity contribution is 6.30. The molecule has 5 heteroatoms. The van der Waals surface area contributed by atoms with Gasteiger partial charge in [0.05, 0.1) is 6.61 Å². The summed E-state index contributed by atoms with van der Waals surface area (Å²) in [6.07, 6.45) is 2.29. The van der Waals surface area contributed by atoms with Gasteiger partial charge in [0.1, 0.15) is 5.75 Å². The van der Waals surface area contributed by atoms with Gasteiger partial charge in [-0.25, -0.2) is 0 Å². The monoisotopic (exact) mass is 426 g/mol. The maximum absolute atomic E-state index is 12.7. The zero-order valence-corrected chi connectivity index (χ0v) is 18.7. The summed E-state index contributed by atoms with van der Waals surface area (Å²) in [4.78, 5) is 17.2. The molecule has 0 aromatic heterocycles. The SMILES string of the molecule is CC(C)COc1ccccc1CN1CCC2(CC1)CN(C(=O)c1ccc(Cl)cc1)C2. The van der Waals surface area contributed by atoms with Crippen molar-refractivity contribution in [2.75, 3.05) is 32.8 Å². The van der Waals surface area contributed by atoms with E-state index in [0.717, 1.165) is 63.5 Å². The van der Waals surface area contributed by atoms with Gasteiger partial charge in [-0.3, -0.25) is 9.69 Å². The van der Waals surface area contributed by atoms with Crippen LogP contribution in [0.5, 0.6) is 5.75 Å². The lowest BCUT2D eigenvalue weighted by atomic mass is 9.71. The van der Waals surface area contributed by atoms with Crippen LogP contribution in [0.2, 0.25) is 5.02 Å². The molecule has 0 aliphatic carbocycles. The fraction of sp³-hybridized carbons (Fsp3) is 0.480. The Balaban J connectivity index is 1.28. The third kappa shape index (κ3) is 4.81. The molecule has 2 aliphatic rings. The number of piperidine rings is 1. The van der Waals surface area contributed by atoms with Crippen LogP contribution in [0, 0.1) is 11.3 Å². The molecule has 1 spiro atoms. The Hall–Kier alpha value is -2.04. The summed E-state index contributed by atoms with van der Waals surface area (Å²) < 4.78 is 6.02. The number of halogens is 1. The Bertz CT molecular complexity index is 865. The second-order valence-corrected chi connectivity index (χ2v) is 9.69. The molecule has 0 N–H and O–H groups in total. The van der Waals surface area contributed by atoms with Crippen molar-refractivity contribution < 1.29 is 9.53 Å². The van der Waals surface area contributed by atoms with Crippen LogP contribution in [0.25, 0.3) is 0 Å². The van der Waals surface area contributed by atoms with Crippen LogP contribution >= 0.6 is 11.6 Å². The Kier molecular flexibility index (Phi) is 6.35. The molecule has 2 aromatic carbocycles. The molecular formula is C25H31ClN2O2. The minimum absolute atomic E-state index is 0.121. The summed E-state index contributed by atoms with van der Waals surface area (Å²) >= 11 is 5.94. The van der Waals surface area contributed by atoms with Crippen LogP contribution in [-0.2, 0) is 6.54 Å². The molecule has 2 saturated heterocycles. The molecule has 30 heavy (non-hydrogen) atoms. The summed E-state index contributed by atoms with van der Waals surface area (Å²) in [5.41, 5.74) is 2.29. The van der Waals surface area contributed by atoms with Gasteiger partial charge < -0.3 is 9.64 Å². The molecule has 2 heterocycles. The number of likely N-dealkylation sites (tertiary alicyclic amines) is 2. The lowest BCUT2D eigenvalue weighted by Crippen LogP contribution is -2.61. The lowest BCUT2D eigenvalue weighted by molar-refractivity contribution is -0.0337. The number of ether oxygens (including phenoxy) is 1. The second kappa shape index (κ2) is 8.99. The highest BCUT2D eigenvalue weighted by Crippen LogP contribution is 2.41. The number of para-hydroxylation sites is 1. The molecule has 160 valence electrons. The van der Waals surface area contributed by atoms with Gasteiger partial charge >= 0.3 is 0 Å². The first-order valence-corrected chi connectivity index (χ1v) is 11.3.